The molecule has 0 atom stereocenters. The summed E-state index contributed by atoms with van der Waals surface area (Å²) in [5.41, 5.74) is 0.663. The number of nitrogens with one attached hydrogen (secondary N) is 1. The molecule has 0 aliphatic heterocycles. The number of carbonyl (C=O) groups is 1. The molecule has 0 bridgehead atoms. The van der Waals surface area contributed by atoms with Gasteiger partial charge in [0.05, 0.1) is 8.45 Å². The second-order valence-corrected chi connectivity index (χ2v) is 6.67. The Balaban J connectivity index is 2.13. The number of carbonyl (C=O) groups excluding carboxylic acids is 1. The summed E-state index contributed by atoms with van der Waals surface area (Å²) in [5, 5.41) is 4.56. The fourth-order valence-electron chi connectivity index (χ4n) is 1.09. The SMILES string of the molecule is O=C(Nc1cc(Br)ccn1)c1csc(I)c1. The maximum Gasteiger partial charge on any atom is 0.257 e. The fourth-order valence-corrected chi connectivity index (χ4v) is 2.75. The van der Waals surface area contributed by atoms with Crippen LogP contribution in [0.5, 0.6) is 0 Å². The van der Waals surface area contributed by atoms with E-state index < -0.39 is 0 Å². The second-order valence-electron chi connectivity index (χ2n) is 2.95. The maximum absolute atomic E-state index is 11.8. The van der Waals surface area contributed by atoms with Gasteiger partial charge in [0.1, 0.15) is 5.82 Å². The van der Waals surface area contributed by atoms with E-state index in [4.69, 9.17) is 0 Å². The van der Waals surface area contributed by atoms with Crippen LogP contribution in [-0.4, -0.2) is 10.9 Å². The van der Waals surface area contributed by atoms with Gasteiger partial charge in [-0.25, -0.2) is 4.98 Å². The van der Waals surface area contributed by atoms with E-state index in [0.717, 1.165) is 7.36 Å². The van der Waals surface area contributed by atoms with Gasteiger partial charge in [0, 0.05) is 16.0 Å². The molecular weight excluding hydrogens is 403 g/mol. The van der Waals surface area contributed by atoms with E-state index in [1.165, 1.54) is 0 Å². The summed E-state index contributed by atoms with van der Waals surface area (Å²) in [7, 11) is 0. The number of aromatic nitrogens is 1. The standard InChI is InChI=1S/C10H6BrIN2OS/c11-7-1-2-13-9(4-7)14-10(15)6-3-8(12)16-5-6/h1-5H,(H,13,14,15). The molecule has 0 aromatic carbocycles. The lowest BCUT2D eigenvalue weighted by atomic mass is 10.3. The summed E-state index contributed by atoms with van der Waals surface area (Å²) in [5.74, 6) is 0.408. The first-order valence-electron chi connectivity index (χ1n) is 4.32. The van der Waals surface area contributed by atoms with Crippen LogP contribution >= 0.6 is 49.9 Å². The van der Waals surface area contributed by atoms with Gasteiger partial charge in [-0.1, -0.05) is 15.9 Å². The molecular formula is C10H6BrIN2OS. The molecule has 0 saturated carbocycles. The van der Waals surface area contributed by atoms with Crippen molar-refractivity contribution in [1.29, 1.82) is 0 Å². The van der Waals surface area contributed by atoms with Crippen molar-refractivity contribution in [3.8, 4) is 0 Å². The Kier molecular flexibility index (Phi) is 3.93. The largest absolute Gasteiger partial charge is 0.307 e. The lowest BCUT2D eigenvalue weighted by Gasteiger charge is -2.02. The first kappa shape index (κ1) is 12.0. The van der Waals surface area contributed by atoms with Gasteiger partial charge in [0.25, 0.3) is 5.91 Å². The summed E-state index contributed by atoms with van der Waals surface area (Å²) in [4.78, 5) is 15.8. The quantitative estimate of drug-likeness (QED) is 0.768. The molecule has 82 valence electrons. The molecule has 0 spiro atoms. The van der Waals surface area contributed by atoms with Crippen molar-refractivity contribution in [3.05, 3.63) is 42.7 Å². The third kappa shape index (κ3) is 3.02. The predicted octanol–water partition coefficient (Wildman–Crippen LogP) is 3.76. The van der Waals surface area contributed by atoms with Crippen molar-refractivity contribution in [2.75, 3.05) is 5.32 Å². The highest BCUT2D eigenvalue weighted by Gasteiger charge is 2.08. The Bertz CT molecular complexity index is 529. The van der Waals surface area contributed by atoms with Gasteiger partial charge < -0.3 is 5.32 Å². The highest BCUT2D eigenvalue weighted by molar-refractivity contribution is 14.1. The monoisotopic (exact) mass is 408 g/mol. The van der Waals surface area contributed by atoms with Crippen LogP contribution in [0.1, 0.15) is 10.4 Å². The van der Waals surface area contributed by atoms with Crippen molar-refractivity contribution in [3.63, 3.8) is 0 Å². The van der Waals surface area contributed by atoms with Gasteiger partial charge in [-0.2, -0.15) is 0 Å². The van der Waals surface area contributed by atoms with Crippen molar-refractivity contribution in [2.24, 2.45) is 0 Å². The third-order valence-corrected chi connectivity index (χ3v) is 4.08. The molecule has 0 fully saturated rings. The molecule has 2 rings (SSSR count). The Labute approximate surface area is 119 Å². The van der Waals surface area contributed by atoms with Crippen LogP contribution in [0.25, 0.3) is 0 Å². The van der Waals surface area contributed by atoms with E-state index in [-0.39, 0.29) is 5.91 Å². The number of thiophene rings is 1. The van der Waals surface area contributed by atoms with Crippen molar-refractivity contribution < 1.29 is 4.79 Å². The number of halogens is 2. The molecule has 0 aliphatic rings. The summed E-state index contributed by atoms with van der Waals surface area (Å²) in [6.45, 7) is 0. The van der Waals surface area contributed by atoms with Crippen LogP contribution in [0, 0.1) is 2.88 Å². The van der Waals surface area contributed by atoms with Gasteiger partial charge in [-0.15, -0.1) is 11.3 Å². The van der Waals surface area contributed by atoms with E-state index in [9.17, 15) is 4.79 Å². The van der Waals surface area contributed by atoms with Gasteiger partial charge in [0.2, 0.25) is 0 Å². The molecule has 3 nitrogen and oxygen atoms in total. The zero-order valence-corrected chi connectivity index (χ0v) is 12.5. The van der Waals surface area contributed by atoms with Gasteiger partial charge in [-0.3, -0.25) is 4.79 Å². The Morgan fingerprint density at radius 3 is 2.94 bits per heavy atom. The van der Waals surface area contributed by atoms with Crippen LogP contribution in [0.15, 0.2) is 34.2 Å². The minimum absolute atomic E-state index is 0.134. The Morgan fingerprint density at radius 1 is 1.50 bits per heavy atom. The Morgan fingerprint density at radius 2 is 2.31 bits per heavy atom. The number of rotatable bonds is 2. The number of amides is 1. The molecule has 0 radical (unpaired) electrons. The summed E-state index contributed by atoms with van der Waals surface area (Å²) in [6, 6.07) is 5.41. The fraction of sp³-hybridized carbons (Fsp3) is 0. The molecule has 16 heavy (non-hydrogen) atoms. The second kappa shape index (κ2) is 5.24. The topological polar surface area (TPSA) is 42.0 Å². The summed E-state index contributed by atoms with van der Waals surface area (Å²) >= 11 is 7.05. The van der Waals surface area contributed by atoms with Crippen LogP contribution in [-0.2, 0) is 0 Å². The summed E-state index contributed by atoms with van der Waals surface area (Å²) < 4.78 is 1.97. The van der Waals surface area contributed by atoms with Crippen molar-refractivity contribution in [1.82, 2.24) is 4.98 Å². The zero-order valence-electron chi connectivity index (χ0n) is 7.91. The smallest absolute Gasteiger partial charge is 0.257 e. The van der Waals surface area contributed by atoms with Gasteiger partial charge in [-0.05, 0) is 40.8 Å². The van der Waals surface area contributed by atoms with Gasteiger partial charge >= 0.3 is 0 Å². The number of nitrogens with zero attached hydrogens (tertiary/aromatic N) is 1. The predicted molar refractivity (Wildman–Crippen MR) is 76.9 cm³/mol. The number of pyridine rings is 1. The minimum Gasteiger partial charge on any atom is -0.307 e. The molecule has 1 amide bonds. The number of hydrogen-bond acceptors (Lipinski definition) is 3. The average molecular weight is 409 g/mol. The molecule has 2 heterocycles. The van der Waals surface area contributed by atoms with Crippen LogP contribution in [0.3, 0.4) is 0 Å². The maximum atomic E-state index is 11.8. The molecule has 1 N–H and O–H groups in total. The number of hydrogen-bond donors (Lipinski definition) is 1. The van der Waals surface area contributed by atoms with E-state index in [2.05, 4.69) is 48.8 Å². The average Bonchev–Trinajstić information content (AvgIpc) is 2.65. The van der Waals surface area contributed by atoms with Crippen molar-refractivity contribution >= 4 is 61.6 Å². The normalized spacial score (nSPS) is 10.1. The number of anilines is 1. The van der Waals surface area contributed by atoms with Crippen LogP contribution in [0.2, 0.25) is 0 Å². The van der Waals surface area contributed by atoms with Crippen LogP contribution in [0.4, 0.5) is 5.82 Å². The zero-order chi connectivity index (χ0) is 11.5. The van der Waals surface area contributed by atoms with Crippen molar-refractivity contribution in [2.45, 2.75) is 0 Å². The molecule has 6 heteroatoms. The minimum atomic E-state index is -0.134. The molecule has 0 aliphatic carbocycles. The highest BCUT2D eigenvalue weighted by Crippen LogP contribution is 2.18. The molecule has 2 aromatic heterocycles. The van der Waals surface area contributed by atoms with E-state index in [0.29, 0.717) is 11.4 Å². The lowest BCUT2D eigenvalue weighted by Crippen LogP contribution is -2.11. The van der Waals surface area contributed by atoms with E-state index >= 15 is 0 Å². The summed E-state index contributed by atoms with van der Waals surface area (Å²) in [6.07, 6.45) is 1.64. The van der Waals surface area contributed by atoms with Gasteiger partial charge in [0.15, 0.2) is 0 Å². The third-order valence-electron chi connectivity index (χ3n) is 1.79. The highest BCUT2D eigenvalue weighted by atomic mass is 127. The molecule has 2 aromatic rings. The molecule has 0 saturated heterocycles. The van der Waals surface area contributed by atoms with Crippen LogP contribution < -0.4 is 5.32 Å². The molecule has 0 unspecified atom stereocenters. The first-order chi connectivity index (χ1) is 7.65. The van der Waals surface area contributed by atoms with E-state index in [1.54, 1.807) is 23.6 Å². The Hall–Kier alpha value is -0.470. The lowest BCUT2D eigenvalue weighted by molar-refractivity contribution is 0.102. The first-order valence-corrected chi connectivity index (χ1v) is 7.07. The van der Waals surface area contributed by atoms with E-state index in [1.807, 2.05) is 17.5 Å².